The van der Waals surface area contributed by atoms with Crippen molar-refractivity contribution >= 4 is 12.0 Å². The van der Waals surface area contributed by atoms with Crippen LogP contribution >= 0.6 is 0 Å². The molecule has 7 nitrogen and oxygen atoms in total. The molecule has 1 atom stereocenters. The summed E-state index contributed by atoms with van der Waals surface area (Å²) in [4.78, 5) is 33.5. The van der Waals surface area contributed by atoms with Gasteiger partial charge in [-0.25, -0.2) is 9.78 Å². The van der Waals surface area contributed by atoms with Gasteiger partial charge in [-0.05, 0) is 13.3 Å². The Labute approximate surface area is 111 Å². The van der Waals surface area contributed by atoms with Gasteiger partial charge in [0.1, 0.15) is 5.82 Å². The van der Waals surface area contributed by atoms with E-state index in [-0.39, 0.29) is 12.6 Å². The lowest BCUT2D eigenvalue weighted by Gasteiger charge is -2.25. The first-order valence-corrected chi connectivity index (χ1v) is 6.14. The van der Waals surface area contributed by atoms with Gasteiger partial charge in [0.15, 0.2) is 0 Å². The third kappa shape index (κ3) is 2.69. The molecule has 2 amide bonds. The molecule has 2 N–H and O–H groups in total. The number of nitrogens with one attached hydrogen (secondary N) is 1. The smallest absolute Gasteiger partial charge is 0.320 e. The number of hydrogen-bond donors (Lipinski definition) is 2. The normalized spacial score (nSPS) is 22.5. The van der Waals surface area contributed by atoms with Crippen LogP contribution in [-0.4, -0.2) is 57.0 Å². The summed E-state index contributed by atoms with van der Waals surface area (Å²) in [6.45, 7) is 2.79. The van der Waals surface area contributed by atoms with Crippen molar-refractivity contribution in [2.45, 2.75) is 19.9 Å². The van der Waals surface area contributed by atoms with Crippen molar-refractivity contribution in [2.24, 2.45) is 5.41 Å². The predicted molar refractivity (Wildman–Crippen MR) is 67.4 cm³/mol. The fraction of sp³-hybridized carbons (Fsp3) is 0.583. The van der Waals surface area contributed by atoms with Gasteiger partial charge in [-0.2, -0.15) is 0 Å². The highest BCUT2D eigenvalue weighted by molar-refractivity contribution is 5.79. The first-order chi connectivity index (χ1) is 8.92. The summed E-state index contributed by atoms with van der Waals surface area (Å²) < 4.78 is 0. The Kier molecular flexibility index (Phi) is 3.46. The Bertz CT molecular complexity index is 473. The van der Waals surface area contributed by atoms with E-state index in [1.165, 1.54) is 4.90 Å². The zero-order valence-electron chi connectivity index (χ0n) is 11.1. The Morgan fingerprint density at radius 1 is 1.63 bits per heavy atom. The lowest BCUT2D eigenvalue weighted by atomic mass is 9.90. The van der Waals surface area contributed by atoms with Crippen molar-refractivity contribution in [1.29, 1.82) is 0 Å². The molecule has 1 unspecified atom stereocenters. The maximum Gasteiger partial charge on any atom is 0.320 e. The molecule has 2 rings (SSSR count). The average Bonchev–Trinajstić information content (AvgIpc) is 2.98. The number of hydrogen-bond acceptors (Lipinski definition) is 3. The summed E-state index contributed by atoms with van der Waals surface area (Å²) in [7, 11) is 1.68. The molecule has 1 saturated heterocycles. The van der Waals surface area contributed by atoms with Crippen molar-refractivity contribution in [3.8, 4) is 0 Å². The molecule has 0 saturated carbocycles. The third-order valence-corrected chi connectivity index (χ3v) is 3.53. The van der Waals surface area contributed by atoms with Crippen LogP contribution in [0.25, 0.3) is 0 Å². The Morgan fingerprint density at radius 2 is 2.37 bits per heavy atom. The summed E-state index contributed by atoms with van der Waals surface area (Å²) >= 11 is 0. The van der Waals surface area contributed by atoms with Crippen LogP contribution in [0.15, 0.2) is 12.4 Å². The number of carbonyl (C=O) groups excluding carboxylic acids is 1. The highest BCUT2D eigenvalue weighted by atomic mass is 16.4. The van der Waals surface area contributed by atoms with Crippen molar-refractivity contribution in [2.75, 3.05) is 20.1 Å². The van der Waals surface area contributed by atoms with Crippen LogP contribution < -0.4 is 0 Å². The van der Waals surface area contributed by atoms with Crippen LogP contribution in [0.5, 0.6) is 0 Å². The van der Waals surface area contributed by atoms with Crippen molar-refractivity contribution in [3.63, 3.8) is 0 Å². The summed E-state index contributed by atoms with van der Waals surface area (Å²) in [5.41, 5.74) is -0.832. The van der Waals surface area contributed by atoms with E-state index in [0.29, 0.717) is 25.3 Å². The number of aliphatic carboxylic acids is 1. The van der Waals surface area contributed by atoms with Crippen LogP contribution in [0.2, 0.25) is 0 Å². The molecule has 7 heteroatoms. The molecule has 1 aliphatic heterocycles. The summed E-state index contributed by atoms with van der Waals surface area (Å²) in [5, 5.41) is 9.15. The fourth-order valence-electron chi connectivity index (χ4n) is 2.22. The Hall–Kier alpha value is -2.05. The van der Waals surface area contributed by atoms with E-state index in [9.17, 15) is 9.59 Å². The van der Waals surface area contributed by atoms with Crippen molar-refractivity contribution < 1.29 is 14.7 Å². The van der Waals surface area contributed by atoms with Crippen LogP contribution in [0.3, 0.4) is 0 Å². The second kappa shape index (κ2) is 4.91. The molecule has 1 aromatic rings. The standard InChI is InChI=1S/C12H18N4O3/c1-12(10(17)18)3-6-16(8-12)11(19)15(2)7-9-13-4-5-14-9/h4-5H,3,6-8H2,1-2H3,(H,13,14)(H,17,18). The van der Waals surface area contributed by atoms with Crippen molar-refractivity contribution in [3.05, 3.63) is 18.2 Å². The number of likely N-dealkylation sites (tertiary alicyclic amines) is 1. The van der Waals surface area contributed by atoms with Gasteiger partial charge < -0.3 is 19.9 Å². The van der Waals surface area contributed by atoms with E-state index in [0.717, 1.165) is 0 Å². The molecular weight excluding hydrogens is 248 g/mol. The number of imidazole rings is 1. The molecular formula is C12H18N4O3. The summed E-state index contributed by atoms with van der Waals surface area (Å²) in [6, 6.07) is -0.165. The summed E-state index contributed by atoms with van der Waals surface area (Å²) in [5.74, 6) is -0.146. The number of carboxylic acids is 1. The molecule has 1 fully saturated rings. The molecule has 0 radical (unpaired) electrons. The van der Waals surface area contributed by atoms with Crippen LogP contribution in [0, 0.1) is 5.41 Å². The highest BCUT2D eigenvalue weighted by Gasteiger charge is 2.42. The fourth-order valence-corrected chi connectivity index (χ4v) is 2.22. The number of nitrogens with zero attached hydrogens (tertiary/aromatic N) is 3. The lowest BCUT2D eigenvalue weighted by Crippen LogP contribution is -2.41. The molecule has 0 aromatic carbocycles. The van der Waals surface area contributed by atoms with Gasteiger partial charge in [-0.15, -0.1) is 0 Å². The number of carboxylic acid groups (broad SMARTS) is 1. The zero-order valence-corrected chi connectivity index (χ0v) is 11.1. The Balaban J connectivity index is 1.96. The number of H-pyrrole nitrogens is 1. The number of aromatic nitrogens is 2. The zero-order chi connectivity index (χ0) is 14.0. The van der Waals surface area contributed by atoms with Gasteiger partial charge in [0, 0.05) is 32.5 Å². The highest BCUT2D eigenvalue weighted by Crippen LogP contribution is 2.30. The van der Waals surface area contributed by atoms with E-state index >= 15 is 0 Å². The minimum absolute atomic E-state index is 0.165. The van der Waals surface area contributed by atoms with Gasteiger partial charge in [0.25, 0.3) is 0 Å². The molecule has 0 spiro atoms. The topological polar surface area (TPSA) is 89.5 Å². The molecule has 104 valence electrons. The molecule has 1 aliphatic rings. The number of carbonyl (C=O) groups is 2. The number of urea groups is 1. The van der Waals surface area contributed by atoms with E-state index in [1.54, 1.807) is 31.3 Å². The molecule has 0 aliphatic carbocycles. The van der Waals surface area contributed by atoms with E-state index in [2.05, 4.69) is 9.97 Å². The minimum Gasteiger partial charge on any atom is -0.481 e. The van der Waals surface area contributed by atoms with Gasteiger partial charge >= 0.3 is 12.0 Å². The SMILES string of the molecule is CN(Cc1ncc[nH]1)C(=O)N1CCC(C)(C(=O)O)C1. The average molecular weight is 266 g/mol. The van der Waals surface area contributed by atoms with Gasteiger partial charge in [0.05, 0.1) is 12.0 Å². The maximum absolute atomic E-state index is 12.2. The van der Waals surface area contributed by atoms with Crippen molar-refractivity contribution in [1.82, 2.24) is 19.8 Å². The van der Waals surface area contributed by atoms with E-state index in [4.69, 9.17) is 5.11 Å². The lowest BCUT2D eigenvalue weighted by molar-refractivity contribution is -0.147. The molecule has 2 heterocycles. The second-order valence-corrected chi connectivity index (χ2v) is 5.21. The van der Waals surface area contributed by atoms with Crippen LogP contribution in [-0.2, 0) is 11.3 Å². The van der Waals surface area contributed by atoms with Gasteiger partial charge in [-0.3, -0.25) is 4.79 Å². The largest absolute Gasteiger partial charge is 0.481 e. The van der Waals surface area contributed by atoms with Crippen LogP contribution in [0.1, 0.15) is 19.2 Å². The molecule has 1 aromatic heterocycles. The first kappa shape index (κ1) is 13.4. The second-order valence-electron chi connectivity index (χ2n) is 5.21. The van der Waals surface area contributed by atoms with E-state index in [1.807, 2.05) is 0 Å². The number of aromatic amines is 1. The number of amides is 2. The van der Waals surface area contributed by atoms with Crippen LogP contribution in [0.4, 0.5) is 4.79 Å². The summed E-state index contributed by atoms with van der Waals surface area (Å²) in [6.07, 6.45) is 3.82. The maximum atomic E-state index is 12.2. The molecule has 19 heavy (non-hydrogen) atoms. The quantitative estimate of drug-likeness (QED) is 0.845. The van der Waals surface area contributed by atoms with E-state index < -0.39 is 11.4 Å². The number of rotatable bonds is 3. The monoisotopic (exact) mass is 266 g/mol. The molecule has 0 bridgehead atoms. The first-order valence-electron chi connectivity index (χ1n) is 6.14. The van der Waals surface area contributed by atoms with Gasteiger partial charge in [0.2, 0.25) is 0 Å². The Morgan fingerprint density at radius 3 is 2.89 bits per heavy atom. The predicted octanol–water partition coefficient (Wildman–Crippen LogP) is 0.758. The van der Waals surface area contributed by atoms with Gasteiger partial charge in [-0.1, -0.05) is 0 Å². The minimum atomic E-state index is -0.850. The third-order valence-electron chi connectivity index (χ3n) is 3.53.